The van der Waals surface area contributed by atoms with Crippen LogP contribution in [0.2, 0.25) is 0 Å². The van der Waals surface area contributed by atoms with E-state index in [-0.39, 0.29) is 16.7 Å². The Kier molecular flexibility index (Phi) is 2.35. The predicted octanol–water partition coefficient (Wildman–Crippen LogP) is 2.38. The second-order valence-electron chi connectivity index (χ2n) is 5.07. The maximum atomic E-state index is 11.0. The van der Waals surface area contributed by atoms with Crippen LogP contribution in [-0.2, 0) is 5.60 Å². The van der Waals surface area contributed by atoms with E-state index in [1.54, 1.807) is 0 Å². The molecule has 1 saturated carbocycles. The molecule has 16 heavy (non-hydrogen) atoms. The molecular weight excluding hydrogens is 208 g/mol. The fourth-order valence-corrected chi connectivity index (χ4v) is 2.55. The molecule has 0 aromatic carbocycles. The Hall–Kier alpha value is -1.29. The van der Waals surface area contributed by atoms with Crippen LogP contribution in [-0.4, -0.2) is 16.2 Å². The third-order valence-electron chi connectivity index (χ3n) is 3.73. The van der Waals surface area contributed by atoms with Crippen LogP contribution in [0.1, 0.15) is 49.2 Å². The highest BCUT2D eigenvalue weighted by atomic mass is 16.4. The van der Waals surface area contributed by atoms with E-state index in [4.69, 9.17) is 9.52 Å². The molecular formula is C12H16O4. The quantitative estimate of drug-likeness (QED) is 0.809. The maximum Gasteiger partial charge on any atom is 0.339 e. The molecule has 0 bridgehead atoms. The lowest BCUT2D eigenvalue weighted by molar-refractivity contribution is -0.0661. The highest BCUT2D eigenvalue weighted by molar-refractivity contribution is 5.89. The molecule has 1 heterocycles. The van der Waals surface area contributed by atoms with Gasteiger partial charge in [-0.05, 0) is 25.3 Å². The van der Waals surface area contributed by atoms with Crippen LogP contribution in [0, 0.1) is 5.41 Å². The fraction of sp³-hybridized carbons (Fsp3) is 0.583. The van der Waals surface area contributed by atoms with Crippen LogP contribution in [0.15, 0.2) is 16.7 Å². The molecule has 0 radical (unpaired) electrons. The highest BCUT2D eigenvalue weighted by Crippen LogP contribution is 2.53. The van der Waals surface area contributed by atoms with E-state index in [0.717, 1.165) is 12.8 Å². The van der Waals surface area contributed by atoms with Crippen molar-refractivity contribution in [2.24, 2.45) is 5.41 Å². The molecule has 1 aliphatic carbocycles. The summed E-state index contributed by atoms with van der Waals surface area (Å²) in [5.74, 6) is -0.859. The minimum atomic E-state index is -1.16. The Labute approximate surface area is 93.9 Å². The van der Waals surface area contributed by atoms with Crippen LogP contribution < -0.4 is 0 Å². The molecule has 1 atom stereocenters. The molecule has 0 aliphatic heterocycles. The van der Waals surface area contributed by atoms with Gasteiger partial charge in [0.15, 0.2) is 0 Å². The molecule has 2 rings (SSSR count). The minimum absolute atomic E-state index is 0.0671. The number of carboxylic acids is 1. The molecule has 0 saturated heterocycles. The van der Waals surface area contributed by atoms with Gasteiger partial charge in [0.2, 0.25) is 0 Å². The maximum absolute atomic E-state index is 11.0. The van der Waals surface area contributed by atoms with E-state index in [2.05, 4.69) is 0 Å². The number of carboxylic acid groups (broad SMARTS) is 1. The van der Waals surface area contributed by atoms with Gasteiger partial charge in [-0.1, -0.05) is 13.8 Å². The Bertz CT molecular complexity index is 418. The van der Waals surface area contributed by atoms with Gasteiger partial charge in [0.1, 0.15) is 16.9 Å². The average molecular weight is 224 g/mol. The number of hydrogen-bond donors (Lipinski definition) is 2. The summed E-state index contributed by atoms with van der Waals surface area (Å²) in [6.07, 6.45) is 3.62. The molecule has 1 aromatic heterocycles. The lowest BCUT2D eigenvalue weighted by atomic mass is 9.75. The second kappa shape index (κ2) is 3.35. The first kappa shape index (κ1) is 11.2. The molecule has 0 amide bonds. The van der Waals surface area contributed by atoms with Crippen molar-refractivity contribution in [3.05, 3.63) is 23.7 Å². The van der Waals surface area contributed by atoms with Crippen molar-refractivity contribution in [1.82, 2.24) is 0 Å². The van der Waals surface area contributed by atoms with Crippen LogP contribution in [0.4, 0.5) is 0 Å². The summed E-state index contributed by atoms with van der Waals surface area (Å²) in [5.41, 5.74) is -1.45. The topological polar surface area (TPSA) is 70.7 Å². The van der Waals surface area contributed by atoms with Gasteiger partial charge >= 0.3 is 5.97 Å². The molecule has 0 spiro atoms. The molecule has 1 aliphatic rings. The number of rotatable bonds is 2. The fourth-order valence-electron chi connectivity index (χ4n) is 2.55. The smallest absolute Gasteiger partial charge is 0.339 e. The zero-order valence-electron chi connectivity index (χ0n) is 9.49. The lowest BCUT2D eigenvalue weighted by Gasteiger charge is -2.35. The number of carbonyl (C=O) groups is 1. The largest absolute Gasteiger partial charge is 0.478 e. The van der Waals surface area contributed by atoms with Gasteiger partial charge in [-0.25, -0.2) is 4.79 Å². The van der Waals surface area contributed by atoms with Crippen LogP contribution >= 0.6 is 0 Å². The van der Waals surface area contributed by atoms with E-state index >= 15 is 0 Å². The van der Waals surface area contributed by atoms with Gasteiger partial charge in [0, 0.05) is 5.41 Å². The van der Waals surface area contributed by atoms with Gasteiger partial charge in [-0.2, -0.15) is 0 Å². The van der Waals surface area contributed by atoms with Crippen molar-refractivity contribution in [3.8, 4) is 0 Å². The van der Waals surface area contributed by atoms with Crippen molar-refractivity contribution in [2.45, 2.75) is 38.7 Å². The summed E-state index contributed by atoms with van der Waals surface area (Å²) >= 11 is 0. The third-order valence-corrected chi connectivity index (χ3v) is 3.73. The zero-order valence-corrected chi connectivity index (χ0v) is 9.49. The molecule has 1 aromatic rings. The third kappa shape index (κ3) is 1.37. The van der Waals surface area contributed by atoms with Crippen molar-refractivity contribution in [2.75, 3.05) is 0 Å². The first-order valence-corrected chi connectivity index (χ1v) is 5.42. The standard InChI is InChI=1S/C12H16O4/c1-11(2)5-3-6-12(11,15)9-8(10(13)14)4-7-16-9/h4,7,15H,3,5-6H2,1-2H3,(H,13,14). The van der Waals surface area contributed by atoms with Crippen molar-refractivity contribution in [1.29, 1.82) is 0 Å². The minimum Gasteiger partial charge on any atom is -0.478 e. The predicted molar refractivity (Wildman–Crippen MR) is 57.2 cm³/mol. The van der Waals surface area contributed by atoms with Gasteiger partial charge < -0.3 is 14.6 Å². The van der Waals surface area contributed by atoms with Gasteiger partial charge in [0.25, 0.3) is 0 Å². The Morgan fingerprint density at radius 1 is 1.44 bits per heavy atom. The number of aliphatic hydroxyl groups is 1. The van der Waals surface area contributed by atoms with Gasteiger partial charge in [-0.15, -0.1) is 0 Å². The zero-order chi connectivity index (χ0) is 12.0. The molecule has 2 N–H and O–H groups in total. The molecule has 88 valence electrons. The summed E-state index contributed by atoms with van der Waals surface area (Å²) in [4.78, 5) is 11.0. The SMILES string of the molecule is CC1(C)CCCC1(O)c1occc1C(=O)O. The summed E-state index contributed by atoms with van der Waals surface area (Å²) in [6, 6.07) is 1.39. The Balaban J connectivity index is 2.51. The lowest BCUT2D eigenvalue weighted by Crippen LogP contribution is -2.37. The van der Waals surface area contributed by atoms with E-state index in [0.29, 0.717) is 6.42 Å². The van der Waals surface area contributed by atoms with Crippen molar-refractivity contribution < 1.29 is 19.4 Å². The number of furan rings is 1. The first-order chi connectivity index (χ1) is 7.38. The highest BCUT2D eigenvalue weighted by Gasteiger charge is 2.52. The molecule has 1 fully saturated rings. The van der Waals surface area contributed by atoms with Crippen LogP contribution in [0.3, 0.4) is 0 Å². The van der Waals surface area contributed by atoms with Crippen LogP contribution in [0.25, 0.3) is 0 Å². The summed E-state index contributed by atoms with van der Waals surface area (Å²) in [7, 11) is 0. The first-order valence-electron chi connectivity index (χ1n) is 5.42. The van der Waals surface area contributed by atoms with Gasteiger partial charge in [-0.3, -0.25) is 0 Å². The normalized spacial score (nSPS) is 28.2. The summed E-state index contributed by atoms with van der Waals surface area (Å²) in [6.45, 7) is 3.88. The monoisotopic (exact) mass is 224 g/mol. The van der Waals surface area contributed by atoms with Crippen LogP contribution in [0.5, 0.6) is 0 Å². The number of aromatic carboxylic acids is 1. The summed E-state index contributed by atoms with van der Waals surface area (Å²) in [5, 5.41) is 19.7. The molecule has 4 nitrogen and oxygen atoms in total. The van der Waals surface area contributed by atoms with Crippen molar-refractivity contribution >= 4 is 5.97 Å². The van der Waals surface area contributed by atoms with E-state index in [9.17, 15) is 9.90 Å². The second-order valence-corrected chi connectivity index (χ2v) is 5.07. The van der Waals surface area contributed by atoms with E-state index in [1.807, 2.05) is 13.8 Å². The summed E-state index contributed by atoms with van der Waals surface area (Å²) < 4.78 is 5.22. The van der Waals surface area contributed by atoms with E-state index in [1.165, 1.54) is 12.3 Å². The Morgan fingerprint density at radius 3 is 2.62 bits per heavy atom. The molecule has 1 unspecified atom stereocenters. The molecule has 4 heteroatoms. The van der Waals surface area contributed by atoms with Gasteiger partial charge in [0.05, 0.1) is 6.26 Å². The van der Waals surface area contributed by atoms with E-state index < -0.39 is 11.6 Å². The average Bonchev–Trinajstić information content (AvgIpc) is 2.73. The van der Waals surface area contributed by atoms with Crippen molar-refractivity contribution in [3.63, 3.8) is 0 Å². The number of hydrogen-bond acceptors (Lipinski definition) is 3. The Morgan fingerprint density at radius 2 is 2.12 bits per heavy atom.